The van der Waals surface area contributed by atoms with Crippen molar-refractivity contribution in [2.45, 2.75) is 34.6 Å². The first-order chi connectivity index (χ1) is 6.91. The highest BCUT2D eigenvalue weighted by Crippen LogP contribution is 2.19. The van der Waals surface area contributed by atoms with Gasteiger partial charge in [-0.2, -0.15) is 0 Å². The van der Waals surface area contributed by atoms with Crippen molar-refractivity contribution in [3.05, 3.63) is 23.0 Å². The Balaban J connectivity index is 3.00. The van der Waals surface area contributed by atoms with E-state index in [2.05, 4.69) is 10.3 Å². The predicted molar refractivity (Wildman–Crippen MR) is 61.9 cm³/mol. The van der Waals surface area contributed by atoms with Crippen LogP contribution in [0, 0.1) is 26.7 Å². The van der Waals surface area contributed by atoms with Crippen LogP contribution in [0.4, 0.5) is 5.69 Å². The minimum absolute atomic E-state index is 0.00916. The van der Waals surface area contributed by atoms with Crippen molar-refractivity contribution in [2.75, 3.05) is 5.32 Å². The van der Waals surface area contributed by atoms with Gasteiger partial charge in [-0.25, -0.2) is 0 Å². The van der Waals surface area contributed by atoms with Crippen LogP contribution in [0.2, 0.25) is 0 Å². The monoisotopic (exact) mass is 206 g/mol. The molecule has 0 aliphatic rings. The number of nitrogens with zero attached hydrogens (tertiary/aromatic N) is 1. The number of hydrogen-bond donors (Lipinski definition) is 1. The molecule has 0 unspecified atom stereocenters. The number of hydrogen-bond acceptors (Lipinski definition) is 2. The number of amides is 1. The molecule has 1 amide bonds. The molecule has 0 aliphatic carbocycles. The number of nitrogens with one attached hydrogen (secondary N) is 1. The van der Waals surface area contributed by atoms with E-state index in [1.54, 1.807) is 0 Å². The lowest BCUT2D eigenvalue weighted by Gasteiger charge is -2.13. The number of anilines is 1. The molecule has 0 bridgehead atoms. The fraction of sp³-hybridized carbons (Fsp3) is 0.500. The Bertz CT molecular complexity index is 360. The van der Waals surface area contributed by atoms with Gasteiger partial charge in [0.05, 0.1) is 11.4 Å². The van der Waals surface area contributed by atoms with E-state index in [-0.39, 0.29) is 11.8 Å². The van der Waals surface area contributed by atoms with Crippen LogP contribution in [-0.2, 0) is 4.79 Å². The highest BCUT2D eigenvalue weighted by Gasteiger charge is 2.11. The molecule has 1 rings (SSSR count). The molecule has 1 heterocycles. The van der Waals surface area contributed by atoms with Gasteiger partial charge in [-0.3, -0.25) is 9.78 Å². The highest BCUT2D eigenvalue weighted by atomic mass is 16.1. The number of carbonyl (C=O) groups is 1. The molecular formula is C12H18N2O. The molecule has 1 aromatic rings. The standard InChI is InChI=1S/C12H18N2O/c1-7(2)12(15)14-11-8(3)6-9(4)13-10(11)5/h6-7H,1-5H3,(H,14,15). The molecule has 0 saturated heterocycles. The van der Waals surface area contributed by atoms with E-state index in [1.807, 2.05) is 40.7 Å². The maximum atomic E-state index is 11.6. The van der Waals surface area contributed by atoms with Crippen LogP contribution < -0.4 is 5.32 Å². The lowest BCUT2D eigenvalue weighted by molar-refractivity contribution is -0.118. The SMILES string of the molecule is Cc1cc(C)c(NC(=O)C(C)C)c(C)n1. The van der Waals surface area contributed by atoms with Crippen molar-refractivity contribution in [1.29, 1.82) is 0 Å². The van der Waals surface area contributed by atoms with Crippen LogP contribution in [0.5, 0.6) is 0 Å². The Kier molecular flexibility index (Phi) is 3.45. The van der Waals surface area contributed by atoms with Gasteiger partial charge in [0.1, 0.15) is 0 Å². The fourth-order valence-corrected chi connectivity index (χ4v) is 1.48. The van der Waals surface area contributed by atoms with Gasteiger partial charge in [0.15, 0.2) is 0 Å². The molecule has 0 atom stereocenters. The summed E-state index contributed by atoms with van der Waals surface area (Å²) < 4.78 is 0. The second-order valence-electron chi connectivity index (χ2n) is 4.18. The van der Waals surface area contributed by atoms with Gasteiger partial charge in [-0.15, -0.1) is 0 Å². The minimum atomic E-state index is -0.00916. The lowest BCUT2D eigenvalue weighted by atomic mass is 10.1. The Morgan fingerprint density at radius 2 is 1.93 bits per heavy atom. The van der Waals surface area contributed by atoms with Crippen LogP contribution in [0.1, 0.15) is 30.8 Å². The van der Waals surface area contributed by atoms with E-state index in [4.69, 9.17) is 0 Å². The average molecular weight is 206 g/mol. The number of aromatic nitrogens is 1. The average Bonchev–Trinajstić information content (AvgIpc) is 2.10. The quantitative estimate of drug-likeness (QED) is 0.808. The normalized spacial score (nSPS) is 10.5. The summed E-state index contributed by atoms with van der Waals surface area (Å²) in [5.41, 5.74) is 3.77. The van der Waals surface area contributed by atoms with Crippen molar-refractivity contribution in [3.8, 4) is 0 Å². The van der Waals surface area contributed by atoms with E-state index in [9.17, 15) is 4.79 Å². The van der Waals surface area contributed by atoms with Crippen molar-refractivity contribution in [3.63, 3.8) is 0 Å². The zero-order valence-electron chi connectivity index (χ0n) is 10.0. The van der Waals surface area contributed by atoms with Crippen molar-refractivity contribution < 1.29 is 4.79 Å². The van der Waals surface area contributed by atoms with E-state index >= 15 is 0 Å². The van der Waals surface area contributed by atoms with Gasteiger partial charge < -0.3 is 5.32 Å². The largest absolute Gasteiger partial charge is 0.324 e. The van der Waals surface area contributed by atoms with Crippen molar-refractivity contribution in [2.24, 2.45) is 5.92 Å². The minimum Gasteiger partial charge on any atom is -0.324 e. The molecule has 82 valence electrons. The first kappa shape index (κ1) is 11.7. The molecule has 3 nitrogen and oxygen atoms in total. The second kappa shape index (κ2) is 4.43. The Morgan fingerprint density at radius 1 is 1.33 bits per heavy atom. The topological polar surface area (TPSA) is 42.0 Å². The van der Waals surface area contributed by atoms with Crippen molar-refractivity contribution >= 4 is 11.6 Å². The van der Waals surface area contributed by atoms with E-state index in [1.165, 1.54) is 0 Å². The third-order valence-corrected chi connectivity index (χ3v) is 2.30. The molecule has 3 heteroatoms. The van der Waals surface area contributed by atoms with Crippen LogP contribution in [0.15, 0.2) is 6.07 Å². The van der Waals surface area contributed by atoms with Gasteiger partial charge in [0.2, 0.25) is 5.91 Å². The van der Waals surface area contributed by atoms with Crippen LogP contribution in [0.3, 0.4) is 0 Å². The summed E-state index contributed by atoms with van der Waals surface area (Å²) in [5, 5.41) is 2.90. The molecule has 1 N–H and O–H groups in total. The fourth-order valence-electron chi connectivity index (χ4n) is 1.48. The first-order valence-corrected chi connectivity index (χ1v) is 5.17. The summed E-state index contributed by atoms with van der Waals surface area (Å²) in [6.45, 7) is 9.60. The van der Waals surface area contributed by atoms with Crippen LogP contribution >= 0.6 is 0 Å². The smallest absolute Gasteiger partial charge is 0.226 e. The Morgan fingerprint density at radius 3 is 2.40 bits per heavy atom. The van der Waals surface area contributed by atoms with Gasteiger partial charge in [-0.1, -0.05) is 13.8 Å². The molecule has 0 radical (unpaired) electrons. The maximum absolute atomic E-state index is 11.6. The number of rotatable bonds is 2. The zero-order valence-corrected chi connectivity index (χ0v) is 10.0. The molecule has 15 heavy (non-hydrogen) atoms. The van der Waals surface area contributed by atoms with Crippen LogP contribution in [-0.4, -0.2) is 10.9 Å². The summed E-state index contributed by atoms with van der Waals surface area (Å²) >= 11 is 0. The van der Waals surface area contributed by atoms with Gasteiger partial charge in [0, 0.05) is 11.6 Å². The molecule has 1 aromatic heterocycles. The summed E-state index contributed by atoms with van der Waals surface area (Å²) in [6, 6.07) is 1.98. The van der Waals surface area contributed by atoms with E-state index < -0.39 is 0 Å². The number of pyridine rings is 1. The van der Waals surface area contributed by atoms with Crippen molar-refractivity contribution in [1.82, 2.24) is 4.98 Å². The zero-order chi connectivity index (χ0) is 11.6. The lowest BCUT2D eigenvalue weighted by Crippen LogP contribution is -2.19. The molecule has 0 spiro atoms. The number of aryl methyl sites for hydroxylation is 3. The van der Waals surface area contributed by atoms with Gasteiger partial charge in [0.25, 0.3) is 0 Å². The predicted octanol–water partition coefficient (Wildman–Crippen LogP) is 2.60. The highest BCUT2D eigenvalue weighted by molar-refractivity contribution is 5.93. The number of carbonyl (C=O) groups excluding carboxylic acids is 1. The Labute approximate surface area is 90.9 Å². The van der Waals surface area contributed by atoms with Gasteiger partial charge in [-0.05, 0) is 32.4 Å². The summed E-state index contributed by atoms with van der Waals surface area (Å²) in [5.74, 6) is 0.0250. The summed E-state index contributed by atoms with van der Waals surface area (Å²) in [6.07, 6.45) is 0. The molecular weight excluding hydrogens is 188 g/mol. The first-order valence-electron chi connectivity index (χ1n) is 5.17. The second-order valence-corrected chi connectivity index (χ2v) is 4.18. The molecule has 0 aliphatic heterocycles. The summed E-state index contributed by atoms with van der Waals surface area (Å²) in [4.78, 5) is 15.9. The molecule has 0 fully saturated rings. The van der Waals surface area contributed by atoms with Gasteiger partial charge >= 0.3 is 0 Å². The van der Waals surface area contributed by atoms with E-state index in [0.29, 0.717) is 0 Å². The third-order valence-electron chi connectivity index (χ3n) is 2.30. The van der Waals surface area contributed by atoms with Crippen LogP contribution in [0.25, 0.3) is 0 Å². The molecule has 0 aromatic carbocycles. The Hall–Kier alpha value is -1.38. The van der Waals surface area contributed by atoms with E-state index in [0.717, 1.165) is 22.6 Å². The maximum Gasteiger partial charge on any atom is 0.226 e. The molecule has 0 saturated carbocycles. The summed E-state index contributed by atoms with van der Waals surface area (Å²) in [7, 11) is 0. The third kappa shape index (κ3) is 2.78.